The lowest BCUT2D eigenvalue weighted by atomic mass is 9.82. The Morgan fingerprint density at radius 2 is 2.14 bits per heavy atom. The number of ether oxygens (including phenoxy) is 1. The van der Waals surface area contributed by atoms with E-state index in [4.69, 9.17) is 9.72 Å². The Morgan fingerprint density at radius 1 is 1.31 bits per heavy atom. The lowest BCUT2D eigenvalue weighted by Gasteiger charge is -2.34. The summed E-state index contributed by atoms with van der Waals surface area (Å²) in [6, 6.07) is 8.21. The highest BCUT2D eigenvalue weighted by Crippen LogP contribution is 2.38. The Kier molecular flexibility index (Phi) is 6.63. The number of nitrogens with zero attached hydrogens (tertiary/aromatic N) is 2. The van der Waals surface area contributed by atoms with E-state index in [1.54, 1.807) is 11.3 Å². The zero-order chi connectivity index (χ0) is 20.2. The van der Waals surface area contributed by atoms with E-state index in [9.17, 15) is 4.79 Å². The minimum absolute atomic E-state index is 0.0593. The smallest absolute Gasteiger partial charge is 0.224 e. The van der Waals surface area contributed by atoms with E-state index in [0.717, 1.165) is 49.6 Å². The first-order valence-electron chi connectivity index (χ1n) is 10.7. The van der Waals surface area contributed by atoms with E-state index < -0.39 is 0 Å². The third kappa shape index (κ3) is 5.05. The molecular formula is C23H31N3O2S. The summed E-state index contributed by atoms with van der Waals surface area (Å²) in [4.78, 5) is 20.3. The fourth-order valence-electron chi connectivity index (χ4n) is 4.36. The lowest BCUT2D eigenvalue weighted by Crippen LogP contribution is -2.49. The average molecular weight is 414 g/mol. The number of amides is 1. The largest absolute Gasteiger partial charge is 0.374 e. The second-order valence-corrected chi connectivity index (χ2v) is 9.63. The minimum Gasteiger partial charge on any atom is -0.374 e. The molecule has 1 aromatic heterocycles. The molecule has 0 spiro atoms. The van der Waals surface area contributed by atoms with Gasteiger partial charge in [0.15, 0.2) is 0 Å². The number of para-hydroxylation sites is 1. The molecule has 1 fully saturated rings. The van der Waals surface area contributed by atoms with Crippen LogP contribution >= 0.6 is 11.3 Å². The van der Waals surface area contributed by atoms with Crippen LogP contribution in [0.4, 0.5) is 0 Å². The molecule has 2 heterocycles. The molecule has 0 radical (unpaired) electrons. The zero-order valence-electron chi connectivity index (χ0n) is 17.3. The number of carbonyl (C=O) groups excluding carboxylic acids is 1. The molecule has 0 saturated carbocycles. The first kappa shape index (κ1) is 20.5. The standard InChI is InChI=1S/C23H31N3O2S/c1-16(2)14-26-11-12-28-17(15-26)13-24-22(27)18-7-3-4-8-19(18)23-25-20-9-5-6-10-21(20)29-23/h3-6,9-10,16-19H,7-8,11-15H2,1-2H3,(H,24,27). The number of carbonyl (C=O) groups is 1. The zero-order valence-corrected chi connectivity index (χ0v) is 18.2. The Bertz CT molecular complexity index is 830. The van der Waals surface area contributed by atoms with Gasteiger partial charge < -0.3 is 10.1 Å². The topological polar surface area (TPSA) is 54.5 Å². The van der Waals surface area contributed by atoms with Crippen molar-refractivity contribution in [3.63, 3.8) is 0 Å². The summed E-state index contributed by atoms with van der Waals surface area (Å²) in [5.41, 5.74) is 1.03. The monoisotopic (exact) mass is 413 g/mol. The molecule has 29 heavy (non-hydrogen) atoms. The van der Waals surface area contributed by atoms with Crippen LogP contribution in [-0.4, -0.2) is 54.7 Å². The summed E-state index contributed by atoms with van der Waals surface area (Å²) in [6.07, 6.45) is 6.05. The van der Waals surface area contributed by atoms with Crippen LogP contribution in [0.15, 0.2) is 36.4 Å². The molecule has 0 bridgehead atoms. The second-order valence-electron chi connectivity index (χ2n) is 8.57. The van der Waals surface area contributed by atoms with Gasteiger partial charge in [0.05, 0.1) is 33.9 Å². The highest BCUT2D eigenvalue weighted by Gasteiger charge is 2.33. The van der Waals surface area contributed by atoms with Gasteiger partial charge in [-0.15, -0.1) is 11.3 Å². The molecule has 1 aliphatic heterocycles. The molecular weight excluding hydrogens is 382 g/mol. The van der Waals surface area contributed by atoms with Gasteiger partial charge in [-0.1, -0.05) is 38.1 Å². The molecule has 1 amide bonds. The third-order valence-electron chi connectivity index (χ3n) is 5.75. The van der Waals surface area contributed by atoms with Crippen LogP contribution in [0.25, 0.3) is 10.2 Å². The van der Waals surface area contributed by atoms with E-state index >= 15 is 0 Å². The van der Waals surface area contributed by atoms with Gasteiger partial charge in [-0.3, -0.25) is 9.69 Å². The van der Waals surface area contributed by atoms with E-state index in [0.29, 0.717) is 12.5 Å². The van der Waals surface area contributed by atoms with Crippen molar-refractivity contribution in [3.8, 4) is 0 Å². The van der Waals surface area contributed by atoms with E-state index in [1.165, 1.54) is 4.70 Å². The molecule has 1 aliphatic carbocycles. The Hall–Kier alpha value is -1.76. The van der Waals surface area contributed by atoms with Gasteiger partial charge >= 0.3 is 0 Å². The Morgan fingerprint density at radius 3 is 2.97 bits per heavy atom. The molecule has 1 aromatic carbocycles. The van der Waals surface area contributed by atoms with Crippen LogP contribution in [0.2, 0.25) is 0 Å². The van der Waals surface area contributed by atoms with Crippen molar-refractivity contribution in [2.24, 2.45) is 11.8 Å². The maximum Gasteiger partial charge on any atom is 0.224 e. The van der Waals surface area contributed by atoms with Crippen LogP contribution in [0.5, 0.6) is 0 Å². The summed E-state index contributed by atoms with van der Waals surface area (Å²) in [5.74, 6) is 0.869. The maximum absolute atomic E-state index is 13.1. The highest BCUT2D eigenvalue weighted by molar-refractivity contribution is 7.18. The number of hydrogen-bond donors (Lipinski definition) is 1. The van der Waals surface area contributed by atoms with Crippen molar-refractivity contribution >= 4 is 27.5 Å². The van der Waals surface area contributed by atoms with Crippen LogP contribution < -0.4 is 5.32 Å². The van der Waals surface area contributed by atoms with Crippen molar-refractivity contribution in [3.05, 3.63) is 41.4 Å². The van der Waals surface area contributed by atoms with Crippen molar-refractivity contribution in [2.75, 3.05) is 32.8 Å². The number of morpholine rings is 1. The SMILES string of the molecule is CC(C)CN1CCOC(CNC(=O)C2CC=CCC2c2nc3ccccc3s2)C1. The summed E-state index contributed by atoms with van der Waals surface area (Å²) < 4.78 is 7.09. The third-order valence-corrected chi connectivity index (χ3v) is 6.92. The fourth-order valence-corrected chi connectivity index (χ4v) is 5.50. The van der Waals surface area contributed by atoms with Crippen LogP contribution in [-0.2, 0) is 9.53 Å². The average Bonchev–Trinajstić information content (AvgIpc) is 3.16. The van der Waals surface area contributed by atoms with Gasteiger partial charge in [0.25, 0.3) is 0 Å². The van der Waals surface area contributed by atoms with Gasteiger partial charge in [-0.2, -0.15) is 0 Å². The molecule has 1 N–H and O–H groups in total. The van der Waals surface area contributed by atoms with Gasteiger partial charge in [-0.25, -0.2) is 4.98 Å². The second kappa shape index (κ2) is 9.37. The minimum atomic E-state index is -0.0593. The Balaban J connectivity index is 1.38. The normalized spacial score (nSPS) is 25.6. The number of aromatic nitrogens is 1. The van der Waals surface area contributed by atoms with Gasteiger partial charge in [0.1, 0.15) is 0 Å². The molecule has 6 heteroatoms. The van der Waals surface area contributed by atoms with Crippen molar-refractivity contribution in [1.29, 1.82) is 0 Å². The molecule has 2 aliphatic rings. The first-order chi connectivity index (χ1) is 14.1. The van der Waals surface area contributed by atoms with Gasteiger partial charge in [0, 0.05) is 32.1 Å². The predicted molar refractivity (Wildman–Crippen MR) is 118 cm³/mol. The molecule has 2 aromatic rings. The number of nitrogens with one attached hydrogen (secondary N) is 1. The summed E-state index contributed by atoms with van der Waals surface area (Å²) >= 11 is 1.72. The maximum atomic E-state index is 13.1. The molecule has 3 atom stereocenters. The van der Waals surface area contributed by atoms with Crippen LogP contribution in [0.3, 0.4) is 0 Å². The number of thiazole rings is 1. The number of fused-ring (bicyclic) bond motifs is 1. The van der Waals surface area contributed by atoms with E-state index in [-0.39, 0.29) is 23.8 Å². The van der Waals surface area contributed by atoms with Gasteiger partial charge in [-0.05, 0) is 30.9 Å². The Labute approximate surface area is 177 Å². The van der Waals surface area contributed by atoms with Crippen molar-refractivity contribution in [1.82, 2.24) is 15.2 Å². The number of hydrogen-bond acceptors (Lipinski definition) is 5. The highest BCUT2D eigenvalue weighted by atomic mass is 32.1. The molecule has 1 saturated heterocycles. The van der Waals surface area contributed by atoms with Crippen molar-refractivity contribution in [2.45, 2.75) is 38.7 Å². The summed E-state index contributed by atoms with van der Waals surface area (Å²) in [6.45, 7) is 8.77. The number of benzene rings is 1. The van der Waals surface area contributed by atoms with Crippen molar-refractivity contribution < 1.29 is 9.53 Å². The van der Waals surface area contributed by atoms with Crippen LogP contribution in [0, 0.1) is 11.8 Å². The predicted octanol–water partition coefficient (Wildman–Crippen LogP) is 3.82. The first-order valence-corrected chi connectivity index (χ1v) is 11.5. The number of rotatable bonds is 6. The summed E-state index contributed by atoms with van der Waals surface area (Å²) in [7, 11) is 0. The fraction of sp³-hybridized carbons (Fsp3) is 0.565. The van der Waals surface area contributed by atoms with Crippen LogP contribution in [0.1, 0.15) is 37.6 Å². The molecule has 156 valence electrons. The van der Waals surface area contributed by atoms with E-state index in [2.05, 4.69) is 42.3 Å². The molecule has 5 nitrogen and oxygen atoms in total. The molecule has 4 rings (SSSR count). The quantitative estimate of drug-likeness (QED) is 0.732. The summed E-state index contributed by atoms with van der Waals surface area (Å²) in [5, 5.41) is 4.26. The van der Waals surface area contributed by atoms with E-state index in [1.807, 2.05) is 18.2 Å². The molecule has 3 unspecified atom stereocenters. The number of allylic oxidation sites excluding steroid dienone is 2. The van der Waals surface area contributed by atoms with Gasteiger partial charge in [0.2, 0.25) is 5.91 Å². The lowest BCUT2D eigenvalue weighted by molar-refractivity contribution is -0.127.